The maximum Gasteiger partial charge on any atom is 0.407 e. The van der Waals surface area contributed by atoms with Gasteiger partial charge in [-0.25, -0.2) is 4.79 Å². The average Bonchev–Trinajstić information content (AvgIpc) is 2.74. The molecule has 8 nitrogen and oxygen atoms in total. The Balaban J connectivity index is 2.15. The van der Waals surface area contributed by atoms with E-state index in [1.54, 1.807) is 32.9 Å². The van der Waals surface area contributed by atoms with E-state index in [1.807, 2.05) is 49.4 Å². The summed E-state index contributed by atoms with van der Waals surface area (Å²) in [6, 6.07) is 14.3. The van der Waals surface area contributed by atoms with Crippen LogP contribution in [0.25, 0.3) is 0 Å². The first-order valence-corrected chi connectivity index (χ1v) is 11.0. The van der Waals surface area contributed by atoms with Crippen molar-refractivity contribution in [2.75, 3.05) is 6.61 Å². The van der Waals surface area contributed by atoms with E-state index in [9.17, 15) is 19.8 Å². The number of carbonyl (C=O) groups excluding carboxylic acids is 1. The molecule has 3 atom stereocenters. The molecule has 0 aliphatic heterocycles. The van der Waals surface area contributed by atoms with Crippen LogP contribution in [0.15, 0.2) is 54.6 Å². The molecule has 0 saturated carbocycles. The van der Waals surface area contributed by atoms with Crippen LogP contribution in [0.3, 0.4) is 0 Å². The first kappa shape index (κ1) is 26.2. The highest BCUT2D eigenvalue weighted by Gasteiger charge is 2.34. The Morgan fingerprint density at radius 3 is 2.18 bits per heavy atom. The van der Waals surface area contributed by atoms with Crippen molar-refractivity contribution in [2.24, 2.45) is 0 Å². The minimum atomic E-state index is -1.42. The van der Waals surface area contributed by atoms with Gasteiger partial charge in [0.05, 0.1) is 12.6 Å². The van der Waals surface area contributed by atoms with Gasteiger partial charge in [-0.2, -0.15) is 0 Å². The molecule has 0 spiro atoms. The Hall–Kier alpha value is -3.10. The Bertz CT molecular complexity index is 880. The second kappa shape index (κ2) is 12.2. The molecule has 1 amide bonds. The molecule has 2 aromatic rings. The Morgan fingerprint density at radius 2 is 1.64 bits per heavy atom. The van der Waals surface area contributed by atoms with E-state index in [1.165, 1.54) is 0 Å². The van der Waals surface area contributed by atoms with Gasteiger partial charge in [-0.15, -0.1) is 0 Å². The van der Waals surface area contributed by atoms with Crippen molar-refractivity contribution in [3.05, 3.63) is 65.7 Å². The van der Waals surface area contributed by atoms with Crippen molar-refractivity contribution in [1.29, 1.82) is 0 Å². The van der Waals surface area contributed by atoms with Crippen molar-refractivity contribution in [3.8, 4) is 5.75 Å². The largest absolute Gasteiger partial charge is 0.494 e. The van der Waals surface area contributed by atoms with Crippen LogP contribution in [0.2, 0.25) is 0 Å². The molecule has 2 aromatic carbocycles. The van der Waals surface area contributed by atoms with Crippen molar-refractivity contribution in [1.82, 2.24) is 10.6 Å². The van der Waals surface area contributed by atoms with E-state index in [0.717, 1.165) is 16.9 Å². The SMILES string of the molecule is CCOc1ccc(CN[C@@H](C(=O)O)[C@H](O)[C@H](Cc2ccccc2)NC(=O)OC(C)(C)C)cc1. The van der Waals surface area contributed by atoms with Gasteiger partial charge in [0.15, 0.2) is 0 Å². The smallest absolute Gasteiger partial charge is 0.407 e. The van der Waals surface area contributed by atoms with E-state index in [2.05, 4.69) is 10.6 Å². The number of aliphatic carboxylic acids is 1. The van der Waals surface area contributed by atoms with Gasteiger partial charge in [0.2, 0.25) is 0 Å². The first-order chi connectivity index (χ1) is 15.6. The molecule has 2 rings (SSSR count). The van der Waals surface area contributed by atoms with Crippen molar-refractivity contribution in [3.63, 3.8) is 0 Å². The normalized spacial score (nSPS) is 14.1. The zero-order valence-corrected chi connectivity index (χ0v) is 19.6. The minimum Gasteiger partial charge on any atom is -0.494 e. The predicted molar refractivity (Wildman–Crippen MR) is 125 cm³/mol. The van der Waals surface area contributed by atoms with E-state index in [4.69, 9.17) is 9.47 Å². The standard InChI is InChI=1S/C25H34N2O6/c1-5-32-19-13-11-18(12-14-19)16-26-21(23(29)30)22(28)20(15-17-9-7-6-8-10-17)27-24(31)33-25(2,3)4/h6-14,20-22,26,28H,5,15-16H2,1-4H3,(H,27,31)(H,29,30)/t20-,21+,22+/m0/s1. The summed E-state index contributed by atoms with van der Waals surface area (Å²) < 4.78 is 10.7. The van der Waals surface area contributed by atoms with Crippen LogP contribution in [0, 0.1) is 0 Å². The molecule has 0 bridgehead atoms. The number of ether oxygens (including phenoxy) is 2. The number of aliphatic hydroxyl groups is 1. The molecule has 0 aliphatic carbocycles. The van der Waals surface area contributed by atoms with Crippen molar-refractivity contribution < 1.29 is 29.3 Å². The summed E-state index contributed by atoms with van der Waals surface area (Å²) in [4.78, 5) is 24.4. The van der Waals surface area contributed by atoms with Gasteiger partial charge in [-0.3, -0.25) is 10.1 Å². The number of carboxylic acid groups (broad SMARTS) is 1. The third-order valence-electron chi connectivity index (χ3n) is 4.78. The van der Waals surface area contributed by atoms with E-state index in [0.29, 0.717) is 6.61 Å². The fourth-order valence-electron chi connectivity index (χ4n) is 3.27. The molecule has 0 fully saturated rings. The number of hydrogen-bond donors (Lipinski definition) is 4. The molecule has 0 saturated heterocycles. The lowest BCUT2D eigenvalue weighted by atomic mass is 9.96. The van der Waals surface area contributed by atoms with Crippen LogP contribution in [0.4, 0.5) is 4.79 Å². The third kappa shape index (κ3) is 9.11. The third-order valence-corrected chi connectivity index (χ3v) is 4.78. The number of hydrogen-bond acceptors (Lipinski definition) is 6. The fourth-order valence-corrected chi connectivity index (χ4v) is 3.27. The van der Waals surface area contributed by atoms with Crippen LogP contribution >= 0.6 is 0 Å². The van der Waals surface area contributed by atoms with E-state index in [-0.39, 0.29) is 13.0 Å². The quantitative estimate of drug-likeness (QED) is 0.409. The van der Waals surface area contributed by atoms with E-state index >= 15 is 0 Å². The second-order valence-electron chi connectivity index (χ2n) is 8.71. The summed E-state index contributed by atoms with van der Waals surface area (Å²) in [5, 5.41) is 26.3. The Kier molecular flexibility index (Phi) is 9.69. The van der Waals surface area contributed by atoms with E-state index < -0.39 is 35.9 Å². The maximum atomic E-state index is 12.4. The number of rotatable bonds is 11. The molecule has 33 heavy (non-hydrogen) atoms. The number of benzene rings is 2. The molecule has 0 radical (unpaired) electrons. The number of carboxylic acids is 1. The molecule has 0 unspecified atom stereocenters. The highest BCUT2D eigenvalue weighted by molar-refractivity contribution is 5.75. The lowest BCUT2D eigenvalue weighted by molar-refractivity contribution is -0.143. The molecule has 0 aromatic heterocycles. The molecular formula is C25H34N2O6. The van der Waals surface area contributed by atoms with Crippen LogP contribution in [0.5, 0.6) is 5.75 Å². The van der Waals surface area contributed by atoms with Crippen LogP contribution in [-0.4, -0.2) is 52.7 Å². The summed E-state index contributed by atoms with van der Waals surface area (Å²) in [6.07, 6.45) is -1.91. The number of nitrogens with one attached hydrogen (secondary N) is 2. The Labute approximate surface area is 194 Å². The topological polar surface area (TPSA) is 117 Å². The molecule has 8 heteroatoms. The lowest BCUT2D eigenvalue weighted by Gasteiger charge is -2.30. The molecule has 0 heterocycles. The highest BCUT2D eigenvalue weighted by Crippen LogP contribution is 2.15. The summed E-state index contributed by atoms with van der Waals surface area (Å²) >= 11 is 0. The Morgan fingerprint density at radius 1 is 1.00 bits per heavy atom. The van der Waals surface area contributed by atoms with Crippen molar-refractivity contribution in [2.45, 2.75) is 64.4 Å². The number of aliphatic hydroxyl groups excluding tert-OH is 1. The van der Waals surface area contributed by atoms with Crippen LogP contribution < -0.4 is 15.4 Å². The second-order valence-corrected chi connectivity index (χ2v) is 8.71. The average molecular weight is 459 g/mol. The van der Waals surface area contributed by atoms with Crippen LogP contribution in [-0.2, 0) is 22.5 Å². The number of alkyl carbamates (subject to hydrolysis) is 1. The summed E-state index contributed by atoms with van der Waals surface area (Å²) in [5.41, 5.74) is 0.939. The summed E-state index contributed by atoms with van der Waals surface area (Å²) in [5.74, 6) is -0.502. The fraction of sp³-hybridized carbons (Fsp3) is 0.440. The maximum absolute atomic E-state index is 12.4. The van der Waals surface area contributed by atoms with Gasteiger partial charge in [0.25, 0.3) is 0 Å². The zero-order chi connectivity index (χ0) is 24.4. The summed E-state index contributed by atoms with van der Waals surface area (Å²) in [7, 11) is 0. The molecular weight excluding hydrogens is 424 g/mol. The minimum absolute atomic E-state index is 0.213. The van der Waals surface area contributed by atoms with Gasteiger partial charge in [-0.05, 0) is 57.4 Å². The van der Waals surface area contributed by atoms with Gasteiger partial charge in [-0.1, -0.05) is 42.5 Å². The molecule has 180 valence electrons. The van der Waals surface area contributed by atoms with Gasteiger partial charge in [0.1, 0.15) is 23.5 Å². The van der Waals surface area contributed by atoms with Gasteiger partial charge in [0, 0.05) is 6.54 Å². The highest BCUT2D eigenvalue weighted by atomic mass is 16.6. The molecule has 4 N–H and O–H groups in total. The van der Waals surface area contributed by atoms with Crippen LogP contribution in [0.1, 0.15) is 38.8 Å². The number of amides is 1. The predicted octanol–water partition coefficient (Wildman–Crippen LogP) is 3.13. The summed E-state index contributed by atoms with van der Waals surface area (Å²) in [6.45, 7) is 7.85. The zero-order valence-electron chi connectivity index (χ0n) is 19.6. The van der Waals surface area contributed by atoms with Gasteiger partial charge >= 0.3 is 12.1 Å². The monoisotopic (exact) mass is 458 g/mol. The first-order valence-electron chi connectivity index (χ1n) is 11.0. The molecule has 0 aliphatic rings. The lowest BCUT2D eigenvalue weighted by Crippen LogP contribution is -2.57. The number of carbonyl (C=O) groups is 2. The van der Waals surface area contributed by atoms with Crippen molar-refractivity contribution >= 4 is 12.1 Å². The van der Waals surface area contributed by atoms with Gasteiger partial charge < -0.3 is 25.0 Å².